The molecule has 2 aliphatic heterocycles. The first-order valence-electron chi connectivity index (χ1n) is 16.1. The van der Waals surface area contributed by atoms with E-state index in [1.165, 1.54) is 12.1 Å². The molecular weight excluding hydrogens is 587 g/mol. The Balaban J connectivity index is 1.34. The number of benzene rings is 1. The van der Waals surface area contributed by atoms with E-state index in [2.05, 4.69) is 11.4 Å². The van der Waals surface area contributed by atoms with Gasteiger partial charge in [-0.2, -0.15) is 23.5 Å². The molecule has 2 aromatic rings. The normalized spacial score (nSPS) is 29.8. The number of fused-ring (bicyclic) bond motifs is 2. The summed E-state index contributed by atoms with van der Waals surface area (Å²) < 4.78 is 47.8. The average Bonchev–Trinajstić information content (AvgIpc) is 3.50. The molecule has 3 aliphatic carbocycles. The minimum Gasteiger partial charge on any atom is -0.381 e. The zero-order valence-electron chi connectivity index (χ0n) is 25.1. The number of aromatic nitrogens is 2. The first-order chi connectivity index (χ1) is 21.6. The lowest BCUT2D eigenvalue weighted by Crippen LogP contribution is -2.57. The Morgan fingerprint density at radius 1 is 1.13 bits per heavy atom. The number of nitriles is 1. The molecule has 0 spiro atoms. The number of anilines is 1. The highest BCUT2D eigenvalue weighted by Gasteiger charge is 2.58. The molecule has 2 amide bonds. The number of alkyl halides is 3. The molecule has 0 radical (unpaired) electrons. The van der Waals surface area contributed by atoms with Gasteiger partial charge >= 0.3 is 6.18 Å². The number of halogens is 3. The Morgan fingerprint density at radius 2 is 1.89 bits per heavy atom. The summed E-state index contributed by atoms with van der Waals surface area (Å²) in [5.41, 5.74) is -0.246. The molecule has 3 saturated carbocycles. The van der Waals surface area contributed by atoms with Crippen molar-refractivity contribution in [3.63, 3.8) is 0 Å². The third-order valence-corrected chi connectivity index (χ3v) is 10.8. The number of hydrogen-bond donors (Lipinski definition) is 1. The summed E-state index contributed by atoms with van der Waals surface area (Å²) in [6.07, 6.45) is 0.792. The van der Waals surface area contributed by atoms with Crippen LogP contribution in [0.2, 0.25) is 0 Å². The van der Waals surface area contributed by atoms with Crippen molar-refractivity contribution < 1.29 is 32.3 Å². The Hall–Kier alpha value is -3.72. The maximum absolute atomic E-state index is 14.5. The molecule has 45 heavy (non-hydrogen) atoms. The van der Waals surface area contributed by atoms with Crippen LogP contribution in [0.1, 0.15) is 95.8 Å². The predicted molar refractivity (Wildman–Crippen MR) is 155 cm³/mol. The highest BCUT2D eigenvalue weighted by atomic mass is 19.4. The van der Waals surface area contributed by atoms with Crippen molar-refractivity contribution >= 4 is 23.4 Å². The number of rotatable bonds is 7. The van der Waals surface area contributed by atoms with Gasteiger partial charge in [-0.3, -0.25) is 19.3 Å². The van der Waals surface area contributed by atoms with Crippen LogP contribution < -0.4 is 10.2 Å². The lowest BCUT2D eigenvalue weighted by Gasteiger charge is -2.44. The average molecular weight is 624 g/mol. The number of carbonyl (C=O) groups is 3. The van der Waals surface area contributed by atoms with Crippen molar-refractivity contribution in [1.29, 1.82) is 5.26 Å². The molecule has 6 atom stereocenters. The molecule has 0 bridgehead atoms. The van der Waals surface area contributed by atoms with Gasteiger partial charge in [0.2, 0.25) is 0 Å². The number of hydrogen-bond acceptors (Lipinski definition) is 6. The van der Waals surface area contributed by atoms with Gasteiger partial charge in [-0.25, -0.2) is 4.68 Å². The zero-order chi connectivity index (χ0) is 31.6. The molecule has 12 heteroatoms. The van der Waals surface area contributed by atoms with E-state index < -0.39 is 41.4 Å². The highest BCUT2D eigenvalue weighted by molar-refractivity contribution is 6.08. The van der Waals surface area contributed by atoms with Crippen LogP contribution in [0.3, 0.4) is 0 Å². The molecule has 4 fully saturated rings. The lowest BCUT2D eigenvalue weighted by atomic mass is 9.67. The van der Waals surface area contributed by atoms with Crippen molar-refractivity contribution in [2.45, 2.75) is 76.0 Å². The minimum absolute atomic E-state index is 0.0265. The fraction of sp³-hybridized carbons (Fsp3) is 0.606. The number of ether oxygens (including phenoxy) is 1. The fourth-order valence-corrected chi connectivity index (χ4v) is 8.22. The molecule has 1 unspecified atom stereocenters. The maximum Gasteiger partial charge on any atom is 0.416 e. The highest BCUT2D eigenvalue weighted by Crippen LogP contribution is 2.59. The van der Waals surface area contributed by atoms with Crippen molar-refractivity contribution in [2.75, 3.05) is 24.7 Å². The van der Waals surface area contributed by atoms with Crippen LogP contribution >= 0.6 is 0 Å². The third-order valence-electron chi connectivity index (χ3n) is 10.8. The molecule has 1 saturated heterocycles. The first-order valence-corrected chi connectivity index (χ1v) is 16.1. The number of nitrogens with zero attached hydrogens (tertiary/aromatic N) is 4. The van der Waals surface area contributed by atoms with E-state index >= 15 is 0 Å². The van der Waals surface area contributed by atoms with E-state index in [0.717, 1.165) is 37.8 Å². The molecule has 9 nitrogen and oxygen atoms in total. The van der Waals surface area contributed by atoms with Gasteiger partial charge in [0.15, 0.2) is 5.78 Å². The van der Waals surface area contributed by atoms with Crippen molar-refractivity contribution in [3.8, 4) is 6.07 Å². The molecule has 3 heterocycles. The van der Waals surface area contributed by atoms with Crippen LogP contribution in [0.5, 0.6) is 0 Å². The topological polar surface area (TPSA) is 117 Å². The number of ketones is 1. The summed E-state index contributed by atoms with van der Waals surface area (Å²) in [5.74, 6) is -1.70. The predicted octanol–water partition coefficient (Wildman–Crippen LogP) is 5.28. The molecule has 1 aromatic heterocycles. The number of carbonyl (C=O) groups excluding carboxylic acids is 3. The van der Waals surface area contributed by atoms with Gasteiger partial charge in [-0.15, -0.1) is 0 Å². The fourth-order valence-electron chi connectivity index (χ4n) is 8.22. The van der Waals surface area contributed by atoms with E-state index in [0.29, 0.717) is 49.8 Å². The number of Topliss-reactive ketones (excluding diaryl/α,β-unsaturated/α-hetero) is 1. The number of likely N-dealkylation sites (N-methyl/N-ethyl adjacent to an activating group) is 1. The second-order valence-electron chi connectivity index (χ2n) is 13.2. The molecule has 7 rings (SSSR count). The second-order valence-corrected chi connectivity index (χ2v) is 13.2. The summed E-state index contributed by atoms with van der Waals surface area (Å²) >= 11 is 0. The second kappa shape index (κ2) is 11.3. The van der Waals surface area contributed by atoms with Crippen molar-refractivity contribution in [2.24, 2.45) is 29.6 Å². The Morgan fingerprint density at radius 3 is 2.53 bits per heavy atom. The smallest absolute Gasteiger partial charge is 0.381 e. The van der Waals surface area contributed by atoms with E-state index in [1.807, 2.05) is 11.6 Å². The summed E-state index contributed by atoms with van der Waals surface area (Å²) in [7, 11) is 0. The lowest BCUT2D eigenvalue weighted by molar-refractivity contribution is -0.137. The summed E-state index contributed by atoms with van der Waals surface area (Å²) in [4.78, 5) is 43.9. The summed E-state index contributed by atoms with van der Waals surface area (Å²) in [6, 6.07) is 5.32. The van der Waals surface area contributed by atoms with Crippen LogP contribution in [-0.4, -0.2) is 53.2 Å². The Labute approximate surface area is 259 Å². The first kappa shape index (κ1) is 30.0. The van der Waals surface area contributed by atoms with Gasteiger partial charge in [0.1, 0.15) is 17.6 Å². The monoisotopic (exact) mass is 623 g/mol. The summed E-state index contributed by atoms with van der Waals surface area (Å²) in [5, 5.41) is 17.7. The van der Waals surface area contributed by atoms with E-state index in [4.69, 9.17) is 9.84 Å². The molecule has 1 aromatic carbocycles. The van der Waals surface area contributed by atoms with Gasteiger partial charge in [-0.1, -0.05) is 12.5 Å². The van der Waals surface area contributed by atoms with E-state index in [1.54, 1.807) is 4.90 Å². The standard InChI is InChI=1S/C33H36F3N5O4/c1-2-40-31-26(27(39-41(31)22-9-11-45-12-10-22)29(42)24-20(16-37)13-19-15-23(19)24)25(17-5-3-6-17)28(32(40)44)38-30(43)18-7-4-8-21(14-18)33(34,35)36/h4,7-8,14,17,19-20,22-25,28H,2-3,5-6,9-13,15H2,1H3,(H,38,43)/t19-,20-,23+,24?,25-,28-/m0/s1. The SMILES string of the molecule is CCN1C(=O)[C@@H](NC(=O)c2cccc(C(F)(F)F)c2)[C@@H](C2CCC2)c2c(C(=O)C3[C@H](C#N)C[C@H]4C[C@@H]34)nn(C3CCOCC3)c21. The van der Waals surface area contributed by atoms with Crippen LogP contribution in [-0.2, 0) is 15.7 Å². The van der Waals surface area contributed by atoms with E-state index in [-0.39, 0.29) is 47.4 Å². The third kappa shape index (κ3) is 5.03. The van der Waals surface area contributed by atoms with Gasteiger partial charge in [0.05, 0.1) is 23.6 Å². The Kier molecular flexibility index (Phi) is 7.50. The number of nitrogens with one attached hydrogen (secondary N) is 1. The number of amides is 2. The quantitative estimate of drug-likeness (QED) is 0.420. The van der Waals surface area contributed by atoms with Crippen molar-refractivity contribution in [3.05, 3.63) is 46.6 Å². The van der Waals surface area contributed by atoms with E-state index in [9.17, 15) is 32.8 Å². The van der Waals surface area contributed by atoms with Gasteiger partial charge in [-0.05, 0) is 81.4 Å². The van der Waals surface area contributed by atoms with Crippen LogP contribution in [0.25, 0.3) is 0 Å². The van der Waals surface area contributed by atoms with Crippen LogP contribution in [0, 0.1) is 40.9 Å². The van der Waals surface area contributed by atoms with Crippen LogP contribution in [0.15, 0.2) is 24.3 Å². The van der Waals surface area contributed by atoms with Gasteiger partial charge in [0, 0.05) is 42.7 Å². The van der Waals surface area contributed by atoms with Gasteiger partial charge in [0.25, 0.3) is 11.8 Å². The zero-order valence-corrected chi connectivity index (χ0v) is 25.1. The van der Waals surface area contributed by atoms with Gasteiger partial charge < -0.3 is 10.1 Å². The molecule has 1 N–H and O–H groups in total. The summed E-state index contributed by atoms with van der Waals surface area (Å²) in [6.45, 7) is 3.11. The maximum atomic E-state index is 14.5. The minimum atomic E-state index is -4.63. The van der Waals surface area contributed by atoms with Crippen LogP contribution in [0.4, 0.5) is 19.0 Å². The largest absolute Gasteiger partial charge is 0.416 e. The van der Waals surface area contributed by atoms with Crippen molar-refractivity contribution in [1.82, 2.24) is 15.1 Å². The molecular formula is C33H36F3N5O4. The molecule has 5 aliphatic rings. The Bertz CT molecular complexity index is 1570. The molecule has 238 valence electrons.